The van der Waals surface area contributed by atoms with Gasteiger partial charge in [0.2, 0.25) is 11.9 Å². The van der Waals surface area contributed by atoms with Gasteiger partial charge in [0, 0.05) is 16.5 Å². The largest absolute Gasteiger partial charge is 0.298 e. The molecule has 2 aromatic rings. The number of hydrogen-bond donors (Lipinski definition) is 1. The standard InChI is InChI=1S/C20H16N4O2S/c1-2-12-27-20-22-19(26)16-14-10-6-7-11-15(14)21-18(24(16)23-20)17(25)13-8-4-3-5-9-13/h2-11,18H,1,12H2,(H,22,23,26). The molecule has 7 heteroatoms. The Morgan fingerprint density at radius 1 is 1.19 bits per heavy atom. The number of ketones is 1. The maximum Gasteiger partial charge on any atom is 0.276 e. The Kier molecular flexibility index (Phi) is 4.60. The van der Waals surface area contributed by atoms with Crippen LogP contribution in [-0.4, -0.2) is 33.8 Å². The van der Waals surface area contributed by atoms with E-state index >= 15 is 0 Å². The number of Topliss-reactive ketones (excluding diaryl/α,β-unsaturated/α-hetero) is 1. The van der Waals surface area contributed by atoms with Gasteiger partial charge in [-0.25, -0.2) is 10.0 Å². The van der Waals surface area contributed by atoms with Gasteiger partial charge in [-0.2, -0.15) is 0 Å². The number of hydrazone groups is 1. The van der Waals surface area contributed by atoms with Crippen molar-refractivity contribution in [3.63, 3.8) is 0 Å². The van der Waals surface area contributed by atoms with Crippen molar-refractivity contribution in [1.82, 2.24) is 10.3 Å². The summed E-state index contributed by atoms with van der Waals surface area (Å²) in [6.07, 6.45) is 0.795. The summed E-state index contributed by atoms with van der Waals surface area (Å²) in [5.74, 6) is 0.0757. The van der Waals surface area contributed by atoms with Crippen LogP contribution in [0, 0.1) is 0 Å². The minimum absolute atomic E-state index is 0.214. The molecule has 27 heavy (non-hydrogen) atoms. The van der Waals surface area contributed by atoms with Crippen LogP contribution >= 0.6 is 11.8 Å². The smallest absolute Gasteiger partial charge is 0.276 e. The highest BCUT2D eigenvalue weighted by Crippen LogP contribution is 2.22. The molecule has 2 heterocycles. The van der Waals surface area contributed by atoms with E-state index in [1.807, 2.05) is 18.2 Å². The van der Waals surface area contributed by atoms with Gasteiger partial charge in [0.1, 0.15) is 5.70 Å². The van der Waals surface area contributed by atoms with E-state index in [0.29, 0.717) is 32.8 Å². The van der Waals surface area contributed by atoms with Crippen LogP contribution in [-0.2, 0) is 4.79 Å². The van der Waals surface area contributed by atoms with E-state index in [-0.39, 0.29) is 11.7 Å². The van der Waals surface area contributed by atoms with E-state index in [1.165, 1.54) is 16.8 Å². The van der Waals surface area contributed by atoms with Crippen LogP contribution in [0.15, 0.2) is 77.3 Å². The van der Waals surface area contributed by atoms with Gasteiger partial charge in [0.25, 0.3) is 5.91 Å². The lowest BCUT2D eigenvalue weighted by atomic mass is 10.1. The molecule has 2 aliphatic rings. The second-order valence-corrected chi connectivity index (χ2v) is 6.91. The van der Waals surface area contributed by atoms with Crippen molar-refractivity contribution in [1.29, 1.82) is 0 Å². The van der Waals surface area contributed by atoms with Gasteiger partial charge in [0.15, 0.2) is 5.17 Å². The molecular formula is C20H16N4O2S. The third kappa shape index (κ3) is 3.17. The Hall–Kier alpha value is -3.19. The van der Waals surface area contributed by atoms with Crippen molar-refractivity contribution in [2.45, 2.75) is 6.17 Å². The number of para-hydroxylation sites is 1. The number of amidine groups is 1. The van der Waals surface area contributed by atoms with Crippen molar-refractivity contribution in [2.24, 2.45) is 10.1 Å². The lowest BCUT2D eigenvalue weighted by Crippen LogP contribution is -2.54. The number of nitrogens with zero attached hydrogens (tertiary/aromatic N) is 3. The summed E-state index contributed by atoms with van der Waals surface area (Å²) < 4.78 is 0. The van der Waals surface area contributed by atoms with Gasteiger partial charge in [-0.3, -0.25) is 14.9 Å². The zero-order valence-corrected chi connectivity index (χ0v) is 15.1. The fourth-order valence-electron chi connectivity index (χ4n) is 2.95. The van der Waals surface area contributed by atoms with E-state index in [2.05, 4.69) is 22.0 Å². The minimum atomic E-state index is -0.928. The first-order valence-electron chi connectivity index (χ1n) is 8.38. The number of nitrogens with one attached hydrogen (secondary N) is 1. The molecule has 0 spiro atoms. The monoisotopic (exact) mass is 376 g/mol. The van der Waals surface area contributed by atoms with Gasteiger partial charge in [-0.15, -0.1) is 11.7 Å². The molecule has 0 fully saturated rings. The molecule has 0 radical (unpaired) electrons. The number of amides is 1. The molecule has 0 aliphatic carbocycles. The van der Waals surface area contributed by atoms with Gasteiger partial charge in [-0.05, 0) is 6.07 Å². The number of hydrogen-bond acceptors (Lipinski definition) is 6. The maximum atomic E-state index is 13.1. The lowest BCUT2D eigenvalue weighted by Gasteiger charge is -2.33. The zero-order chi connectivity index (χ0) is 18.8. The molecule has 4 rings (SSSR count). The summed E-state index contributed by atoms with van der Waals surface area (Å²) in [7, 11) is 0. The van der Waals surface area contributed by atoms with Crippen molar-refractivity contribution < 1.29 is 9.59 Å². The van der Waals surface area contributed by atoms with E-state index < -0.39 is 6.17 Å². The van der Waals surface area contributed by atoms with Crippen molar-refractivity contribution in [3.05, 3.63) is 83.4 Å². The zero-order valence-electron chi connectivity index (χ0n) is 14.3. The topological polar surface area (TPSA) is 74.1 Å². The molecule has 6 nitrogen and oxygen atoms in total. The first-order chi connectivity index (χ1) is 13.2. The molecule has 0 bridgehead atoms. The normalized spacial score (nSPS) is 17.9. The first kappa shape index (κ1) is 17.2. The van der Waals surface area contributed by atoms with Crippen LogP contribution < -0.4 is 15.9 Å². The SMILES string of the molecule is C=CCSC1=NN2C(=c3ccccc3=NC2C(=O)c2ccccc2)C(=O)N1. The van der Waals surface area contributed by atoms with E-state index in [4.69, 9.17) is 0 Å². The Morgan fingerprint density at radius 2 is 1.93 bits per heavy atom. The second kappa shape index (κ2) is 7.20. The van der Waals surface area contributed by atoms with Gasteiger partial charge < -0.3 is 0 Å². The Bertz CT molecular complexity index is 1080. The summed E-state index contributed by atoms with van der Waals surface area (Å²) in [6.45, 7) is 3.68. The fraction of sp³-hybridized carbons (Fsp3) is 0.100. The highest BCUT2D eigenvalue weighted by molar-refractivity contribution is 8.14. The summed E-state index contributed by atoms with van der Waals surface area (Å²) in [6, 6.07) is 16.2. The Morgan fingerprint density at radius 3 is 2.70 bits per heavy atom. The van der Waals surface area contributed by atoms with E-state index in [1.54, 1.807) is 42.5 Å². The van der Waals surface area contributed by atoms with Crippen molar-refractivity contribution in [3.8, 4) is 0 Å². The highest BCUT2D eigenvalue weighted by Gasteiger charge is 2.37. The average Bonchev–Trinajstić information content (AvgIpc) is 2.71. The molecule has 134 valence electrons. The molecule has 1 N–H and O–H groups in total. The molecule has 0 aromatic heterocycles. The second-order valence-electron chi connectivity index (χ2n) is 5.90. The predicted octanol–water partition coefficient (Wildman–Crippen LogP) is 1.26. The highest BCUT2D eigenvalue weighted by atomic mass is 32.2. The predicted molar refractivity (Wildman–Crippen MR) is 105 cm³/mol. The summed E-state index contributed by atoms with van der Waals surface area (Å²) in [5.41, 5.74) is 0.851. The van der Waals surface area contributed by atoms with Crippen LogP contribution in [0.3, 0.4) is 0 Å². The summed E-state index contributed by atoms with van der Waals surface area (Å²) >= 11 is 1.34. The van der Waals surface area contributed by atoms with Gasteiger partial charge >= 0.3 is 0 Å². The van der Waals surface area contributed by atoms with Crippen LogP contribution in [0.5, 0.6) is 0 Å². The number of benzene rings is 2. The quantitative estimate of drug-likeness (QED) is 0.644. The summed E-state index contributed by atoms with van der Waals surface area (Å²) in [4.78, 5) is 30.5. The molecule has 1 amide bonds. The van der Waals surface area contributed by atoms with E-state index in [9.17, 15) is 9.59 Å². The number of fused-ring (bicyclic) bond motifs is 2. The van der Waals surface area contributed by atoms with Crippen LogP contribution in [0.25, 0.3) is 5.70 Å². The van der Waals surface area contributed by atoms with E-state index in [0.717, 1.165) is 0 Å². The minimum Gasteiger partial charge on any atom is -0.298 e. The molecule has 0 saturated heterocycles. The summed E-state index contributed by atoms with van der Waals surface area (Å²) in [5, 5.41) is 10.4. The van der Waals surface area contributed by atoms with Gasteiger partial charge in [-0.1, -0.05) is 66.4 Å². The molecule has 2 aromatic carbocycles. The molecule has 2 aliphatic heterocycles. The first-order valence-corrected chi connectivity index (χ1v) is 9.37. The third-order valence-corrected chi connectivity index (χ3v) is 5.01. The fourth-order valence-corrected chi connectivity index (χ4v) is 3.54. The number of carbonyl (C=O) groups is 2. The van der Waals surface area contributed by atoms with Crippen molar-refractivity contribution >= 4 is 34.3 Å². The number of thioether (sulfide) groups is 1. The van der Waals surface area contributed by atoms with Crippen LogP contribution in [0.4, 0.5) is 0 Å². The molecule has 1 atom stereocenters. The third-order valence-electron chi connectivity index (χ3n) is 4.15. The van der Waals surface area contributed by atoms with Crippen LogP contribution in [0.2, 0.25) is 0 Å². The maximum absolute atomic E-state index is 13.1. The number of carbonyl (C=O) groups excluding carboxylic acids is 2. The number of rotatable bonds is 4. The average molecular weight is 376 g/mol. The molecular weight excluding hydrogens is 360 g/mol. The van der Waals surface area contributed by atoms with Crippen molar-refractivity contribution in [2.75, 3.05) is 5.75 Å². The van der Waals surface area contributed by atoms with Crippen LogP contribution in [0.1, 0.15) is 10.4 Å². The molecule has 0 saturated carbocycles. The van der Waals surface area contributed by atoms with Gasteiger partial charge in [0.05, 0.1) is 5.36 Å². The molecule has 1 unspecified atom stereocenters. The Balaban J connectivity index is 1.87. The Labute approximate surface area is 160 Å². The lowest BCUT2D eigenvalue weighted by molar-refractivity contribution is -0.115.